The number of benzene rings is 7. The molecule has 7 aromatic carbocycles. The van der Waals surface area contributed by atoms with E-state index in [0.717, 1.165) is 67.4 Å². The summed E-state index contributed by atoms with van der Waals surface area (Å²) in [5, 5.41) is 12.3. The first kappa shape index (κ1) is 34.4. The molecule has 0 fully saturated rings. The number of rotatable bonds is 7. The van der Waals surface area contributed by atoms with Gasteiger partial charge in [0.25, 0.3) is 0 Å². The maximum Gasteiger partial charge on any atom is 0.145 e. The quantitative estimate of drug-likeness (QED) is 0.158. The highest BCUT2D eigenvalue weighted by atomic mass is 15.4. The molecule has 0 amide bonds. The predicted octanol–water partition coefficient (Wildman–Crippen LogP) is 12.5. The summed E-state index contributed by atoms with van der Waals surface area (Å²) in [7, 11) is 0. The summed E-state index contributed by atoms with van der Waals surface area (Å²) >= 11 is 0. The van der Waals surface area contributed by atoms with E-state index in [1.807, 2.05) is 42.9 Å². The first-order chi connectivity index (χ1) is 29.2. The molecule has 280 valence electrons. The fourth-order valence-electron chi connectivity index (χ4n) is 8.53. The maximum absolute atomic E-state index is 5.19. The lowest BCUT2D eigenvalue weighted by Gasteiger charge is -2.27. The molecular weight excluding hydrogens is 721 g/mol. The van der Waals surface area contributed by atoms with Gasteiger partial charge in [-0.2, -0.15) is 0 Å². The largest absolute Gasteiger partial charge is 0.360 e. The number of aliphatic imine (C=N–C) groups is 1. The number of pyridine rings is 2. The molecule has 2 aromatic heterocycles. The van der Waals surface area contributed by atoms with Crippen molar-refractivity contribution in [1.29, 1.82) is 0 Å². The Hall–Kier alpha value is -7.83. The van der Waals surface area contributed by atoms with Crippen LogP contribution in [0.15, 0.2) is 212 Å². The molecule has 6 nitrogen and oxygen atoms in total. The van der Waals surface area contributed by atoms with Crippen LogP contribution in [-0.4, -0.2) is 15.7 Å². The van der Waals surface area contributed by atoms with Crippen molar-refractivity contribution < 1.29 is 0 Å². The third kappa shape index (κ3) is 6.28. The van der Waals surface area contributed by atoms with E-state index in [2.05, 4.69) is 184 Å². The minimum Gasteiger partial charge on any atom is -0.360 e. The highest BCUT2D eigenvalue weighted by Crippen LogP contribution is 2.52. The average Bonchev–Trinajstić information content (AvgIpc) is 3.74. The van der Waals surface area contributed by atoms with Gasteiger partial charge in [0.2, 0.25) is 0 Å². The Morgan fingerprint density at radius 3 is 1.75 bits per heavy atom. The van der Waals surface area contributed by atoms with Gasteiger partial charge in [-0.3, -0.25) is 14.9 Å². The Kier molecular flexibility index (Phi) is 8.51. The second-order valence-electron chi connectivity index (χ2n) is 15.0. The Morgan fingerprint density at radius 2 is 1.03 bits per heavy atom. The Labute approximate surface area is 342 Å². The summed E-state index contributed by atoms with van der Waals surface area (Å²) in [6.45, 7) is 0. The Bertz CT molecular complexity index is 3020. The number of fused-ring (bicyclic) bond motifs is 6. The third-order valence-corrected chi connectivity index (χ3v) is 11.5. The average molecular weight is 759 g/mol. The summed E-state index contributed by atoms with van der Waals surface area (Å²) in [5.41, 5.74) is 13.3. The molecule has 0 spiro atoms. The molecule has 0 saturated heterocycles. The van der Waals surface area contributed by atoms with E-state index < -0.39 is 0 Å². The highest BCUT2D eigenvalue weighted by molar-refractivity contribution is 6.22. The topological polar surface area (TPSA) is 65.4 Å². The second-order valence-corrected chi connectivity index (χ2v) is 15.0. The zero-order chi connectivity index (χ0) is 39.1. The lowest BCUT2D eigenvalue weighted by atomic mass is 9.97. The number of anilines is 3. The van der Waals surface area contributed by atoms with Crippen molar-refractivity contribution >= 4 is 50.1 Å². The van der Waals surface area contributed by atoms with E-state index in [1.165, 1.54) is 27.3 Å². The van der Waals surface area contributed by atoms with Crippen LogP contribution in [0, 0.1) is 0 Å². The van der Waals surface area contributed by atoms with E-state index in [9.17, 15) is 0 Å². The van der Waals surface area contributed by atoms with Crippen molar-refractivity contribution in [2.75, 3.05) is 10.2 Å². The van der Waals surface area contributed by atoms with Gasteiger partial charge in [-0.15, -0.1) is 0 Å². The van der Waals surface area contributed by atoms with Crippen molar-refractivity contribution in [2.45, 2.75) is 12.3 Å². The van der Waals surface area contributed by atoms with E-state index in [-0.39, 0.29) is 12.3 Å². The van der Waals surface area contributed by atoms with Crippen LogP contribution < -0.4 is 15.5 Å². The molecule has 11 rings (SSSR count). The lowest BCUT2D eigenvalue weighted by Crippen LogP contribution is -2.24. The van der Waals surface area contributed by atoms with Crippen molar-refractivity contribution in [1.82, 2.24) is 15.3 Å². The number of nitrogens with zero attached hydrogens (tertiary/aromatic N) is 4. The lowest BCUT2D eigenvalue weighted by molar-refractivity contribution is 0.664. The summed E-state index contributed by atoms with van der Waals surface area (Å²) in [5.74, 6) is 0.876. The van der Waals surface area contributed by atoms with E-state index in [0.29, 0.717) is 0 Å². The summed E-state index contributed by atoms with van der Waals surface area (Å²) in [6, 6.07) is 64.1. The van der Waals surface area contributed by atoms with Crippen LogP contribution in [0.5, 0.6) is 0 Å². The molecule has 2 unspecified atom stereocenters. The van der Waals surface area contributed by atoms with Gasteiger partial charge in [-0.05, 0) is 79.6 Å². The molecule has 59 heavy (non-hydrogen) atoms. The van der Waals surface area contributed by atoms with Crippen LogP contribution in [0.3, 0.4) is 0 Å². The number of aromatic nitrogens is 2. The molecule has 2 atom stereocenters. The number of hydrogen-bond donors (Lipinski definition) is 2. The van der Waals surface area contributed by atoms with Crippen LogP contribution in [-0.2, 0) is 0 Å². The first-order valence-corrected chi connectivity index (χ1v) is 20.0. The van der Waals surface area contributed by atoms with Crippen LogP contribution in [0.4, 0.5) is 17.2 Å². The molecule has 6 heteroatoms. The van der Waals surface area contributed by atoms with Gasteiger partial charge in [-0.25, -0.2) is 4.98 Å². The van der Waals surface area contributed by atoms with E-state index in [1.54, 1.807) is 0 Å². The smallest absolute Gasteiger partial charge is 0.145 e. The second kappa shape index (κ2) is 14.6. The predicted molar refractivity (Wildman–Crippen MR) is 243 cm³/mol. The van der Waals surface area contributed by atoms with Gasteiger partial charge in [-0.1, -0.05) is 164 Å². The molecule has 0 saturated carbocycles. The number of nitrogens with one attached hydrogen (secondary N) is 2. The number of allylic oxidation sites excluding steroid dienone is 1. The standard InChI is InChI=1S/C53H38N6/c1-3-11-35(12-4-1)36-18-24-39(25-19-36)47-33-48(57-52(56-47)41-13-5-2-6-14-41)40-26-20-37(21-27-40)38-22-28-42(29-23-38)53-58-50-45-16-8-7-15-43(45)44-30-32-54-34-46(44)51(50)59(53)49-17-9-10-31-55-49/h1-34,52-53,57-58H. The Morgan fingerprint density at radius 1 is 0.441 bits per heavy atom. The minimum atomic E-state index is -0.208. The molecule has 2 N–H and O–H groups in total. The van der Waals surface area contributed by atoms with Gasteiger partial charge in [0, 0.05) is 35.1 Å². The molecule has 2 aliphatic heterocycles. The van der Waals surface area contributed by atoms with Gasteiger partial charge in [0.1, 0.15) is 18.1 Å². The fourth-order valence-corrected chi connectivity index (χ4v) is 8.53. The summed E-state index contributed by atoms with van der Waals surface area (Å²) in [6.07, 6.45) is 7.50. The van der Waals surface area contributed by atoms with Crippen molar-refractivity contribution in [3.05, 3.63) is 229 Å². The maximum atomic E-state index is 5.19. The molecule has 0 aliphatic carbocycles. The van der Waals surface area contributed by atoms with Gasteiger partial charge < -0.3 is 10.6 Å². The molecular formula is C53H38N6. The van der Waals surface area contributed by atoms with Gasteiger partial charge in [0.05, 0.1) is 17.1 Å². The summed E-state index contributed by atoms with van der Waals surface area (Å²) < 4.78 is 0. The van der Waals surface area contributed by atoms with Gasteiger partial charge in [0.15, 0.2) is 0 Å². The van der Waals surface area contributed by atoms with Gasteiger partial charge >= 0.3 is 0 Å². The molecule has 0 radical (unpaired) electrons. The molecule has 4 heterocycles. The molecule has 9 aromatic rings. The van der Waals surface area contributed by atoms with Crippen LogP contribution in [0.25, 0.3) is 49.5 Å². The normalized spacial score (nSPS) is 15.9. The zero-order valence-electron chi connectivity index (χ0n) is 32.1. The number of hydrogen-bond acceptors (Lipinski definition) is 6. The fraction of sp³-hybridized carbons (Fsp3) is 0.0377. The first-order valence-electron chi connectivity index (χ1n) is 20.0. The van der Waals surface area contributed by atoms with E-state index >= 15 is 0 Å². The monoisotopic (exact) mass is 758 g/mol. The SMILES string of the molecule is C1=C(c2ccc(-c3ccc(C4Nc5c(c6cnccc6c6ccccc56)N4c4ccccn4)cc3)cc2)NC(c2ccccc2)N=C1c1ccc(-c2ccccc2)cc1. The van der Waals surface area contributed by atoms with Crippen molar-refractivity contribution in [2.24, 2.45) is 4.99 Å². The zero-order valence-corrected chi connectivity index (χ0v) is 32.1. The summed E-state index contributed by atoms with van der Waals surface area (Å²) in [4.78, 5) is 16.9. The van der Waals surface area contributed by atoms with E-state index in [4.69, 9.17) is 9.98 Å². The highest BCUT2D eigenvalue weighted by Gasteiger charge is 2.35. The van der Waals surface area contributed by atoms with Crippen molar-refractivity contribution in [3.8, 4) is 22.3 Å². The third-order valence-electron chi connectivity index (χ3n) is 11.5. The van der Waals surface area contributed by atoms with Crippen molar-refractivity contribution in [3.63, 3.8) is 0 Å². The van der Waals surface area contributed by atoms with Crippen LogP contribution in [0.1, 0.15) is 34.6 Å². The Balaban J connectivity index is 0.903. The van der Waals surface area contributed by atoms with Crippen LogP contribution in [0.2, 0.25) is 0 Å². The minimum absolute atomic E-state index is 0.169. The van der Waals surface area contributed by atoms with Crippen LogP contribution >= 0.6 is 0 Å². The molecule has 2 aliphatic rings. The molecule has 0 bridgehead atoms.